The first-order valence-electron chi connectivity index (χ1n) is 9.88. The van der Waals surface area contributed by atoms with Crippen molar-refractivity contribution in [3.05, 3.63) is 88.7 Å². The summed E-state index contributed by atoms with van der Waals surface area (Å²) in [5, 5.41) is 1.23. The van der Waals surface area contributed by atoms with Gasteiger partial charge < -0.3 is 9.80 Å². The predicted octanol–water partition coefficient (Wildman–Crippen LogP) is 3.83. The Balaban J connectivity index is 1.37. The number of hydrogen-bond acceptors (Lipinski definition) is 5. The van der Waals surface area contributed by atoms with Gasteiger partial charge in [-0.25, -0.2) is 0 Å². The first kappa shape index (κ1) is 17.9. The summed E-state index contributed by atoms with van der Waals surface area (Å²) < 4.78 is 7.80. The number of anilines is 2. The predicted molar refractivity (Wildman–Crippen MR) is 120 cm³/mol. The van der Waals surface area contributed by atoms with Crippen LogP contribution in [-0.2, 0) is 6.54 Å². The van der Waals surface area contributed by atoms with Crippen molar-refractivity contribution >= 4 is 33.3 Å². The fourth-order valence-electron chi connectivity index (χ4n) is 3.96. The lowest BCUT2D eigenvalue weighted by molar-refractivity contribution is 0.620. The minimum Gasteiger partial charge on any atom is -0.354 e. The molecular formula is C23H22N4OS. The van der Waals surface area contributed by atoms with E-state index in [-0.39, 0.29) is 5.56 Å². The van der Waals surface area contributed by atoms with Crippen molar-refractivity contribution in [2.75, 3.05) is 36.0 Å². The highest BCUT2D eigenvalue weighted by Crippen LogP contribution is 2.30. The Morgan fingerprint density at radius 2 is 1.52 bits per heavy atom. The molecule has 2 aromatic heterocycles. The van der Waals surface area contributed by atoms with E-state index < -0.39 is 0 Å². The van der Waals surface area contributed by atoms with Crippen LogP contribution < -0.4 is 15.4 Å². The van der Waals surface area contributed by atoms with E-state index in [4.69, 9.17) is 4.37 Å². The van der Waals surface area contributed by atoms with Gasteiger partial charge in [0.15, 0.2) is 0 Å². The first-order valence-corrected chi connectivity index (χ1v) is 10.6. The smallest absolute Gasteiger partial charge is 0.252 e. The van der Waals surface area contributed by atoms with Crippen molar-refractivity contribution in [2.24, 2.45) is 0 Å². The van der Waals surface area contributed by atoms with E-state index in [9.17, 15) is 4.79 Å². The van der Waals surface area contributed by atoms with Crippen molar-refractivity contribution < 1.29 is 0 Å². The van der Waals surface area contributed by atoms with Crippen LogP contribution in [0.3, 0.4) is 0 Å². The maximum Gasteiger partial charge on any atom is 0.252 e. The standard InChI is InChI=1S/C23H22N4OS/c28-22-12-6-11-21(27(22)17-18-7-2-1-3-8-18)25-13-15-26(16-14-25)23-19-9-4-5-10-20(19)29-24-23/h1-12H,13-17H2. The summed E-state index contributed by atoms with van der Waals surface area (Å²) in [6.45, 7) is 4.10. The van der Waals surface area contributed by atoms with E-state index >= 15 is 0 Å². The van der Waals surface area contributed by atoms with E-state index in [2.05, 4.69) is 52.3 Å². The van der Waals surface area contributed by atoms with Crippen LogP contribution in [0.2, 0.25) is 0 Å². The van der Waals surface area contributed by atoms with Crippen molar-refractivity contribution in [2.45, 2.75) is 6.54 Å². The van der Waals surface area contributed by atoms with E-state index in [0.717, 1.165) is 43.4 Å². The fourth-order valence-corrected chi connectivity index (χ4v) is 4.75. The summed E-state index contributed by atoms with van der Waals surface area (Å²) in [6.07, 6.45) is 0. The van der Waals surface area contributed by atoms with Gasteiger partial charge in [-0.15, -0.1) is 0 Å². The molecule has 29 heavy (non-hydrogen) atoms. The zero-order valence-corrected chi connectivity index (χ0v) is 16.9. The Bertz CT molecular complexity index is 1180. The fraction of sp³-hybridized carbons (Fsp3) is 0.217. The van der Waals surface area contributed by atoms with Crippen LogP contribution in [0.1, 0.15) is 5.56 Å². The lowest BCUT2D eigenvalue weighted by atomic mass is 10.2. The maximum atomic E-state index is 12.6. The molecule has 0 atom stereocenters. The van der Waals surface area contributed by atoms with Gasteiger partial charge in [0.25, 0.3) is 5.56 Å². The lowest BCUT2D eigenvalue weighted by Gasteiger charge is -2.37. The van der Waals surface area contributed by atoms with E-state index in [0.29, 0.717) is 6.54 Å². The van der Waals surface area contributed by atoms with Gasteiger partial charge in [-0.3, -0.25) is 9.36 Å². The molecule has 6 heteroatoms. The molecule has 0 N–H and O–H groups in total. The van der Waals surface area contributed by atoms with Crippen molar-refractivity contribution in [1.29, 1.82) is 0 Å². The molecule has 0 aliphatic carbocycles. The number of pyridine rings is 1. The molecule has 0 bridgehead atoms. The third kappa shape index (κ3) is 3.51. The number of fused-ring (bicyclic) bond motifs is 1. The third-order valence-corrected chi connectivity index (χ3v) is 6.29. The molecule has 0 radical (unpaired) electrons. The highest BCUT2D eigenvalue weighted by atomic mass is 32.1. The van der Waals surface area contributed by atoms with Gasteiger partial charge in [0.1, 0.15) is 11.6 Å². The van der Waals surface area contributed by atoms with Gasteiger partial charge in [0.2, 0.25) is 0 Å². The topological polar surface area (TPSA) is 41.4 Å². The third-order valence-electron chi connectivity index (χ3n) is 5.47. The van der Waals surface area contributed by atoms with Crippen LogP contribution >= 0.6 is 11.5 Å². The Morgan fingerprint density at radius 1 is 0.793 bits per heavy atom. The quantitative estimate of drug-likeness (QED) is 0.520. The van der Waals surface area contributed by atoms with Crippen LogP contribution in [0.5, 0.6) is 0 Å². The molecule has 5 rings (SSSR count). The van der Waals surface area contributed by atoms with Crippen LogP contribution in [-0.4, -0.2) is 35.1 Å². The number of aromatic nitrogens is 2. The molecule has 2 aromatic carbocycles. The number of rotatable bonds is 4. The number of hydrogen-bond donors (Lipinski definition) is 0. The molecule has 0 saturated carbocycles. The molecule has 4 aromatic rings. The first-order chi connectivity index (χ1) is 14.3. The molecule has 0 unspecified atom stereocenters. The summed E-state index contributed by atoms with van der Waals surface area (Å²) in [5.41, 5.74) is 1.17. The lowest BCUT2D eigenvalue weighted by Crippen LogP contribution is -2.48. The van der Waals surface area contributed by atoms with Gasteiger partial charge >= 0.3 is 0 Å². The maximum absolute atomic E-state index is 12.6. The van der Waals surface area contributed by atoms with Gasteiger partial charge in [0.05, 0.1) is 11.2 Å². The Morgan fingerprint density at radius 3 is 2.34 bits per heavy atom. The summed E-state index contributed by atoms with van der Waals surface area (Å²) in [4.78, 5) is 17.3. The largest absolute Gasteiger partial charge is 0.354 e. The minimum atomic E-state index is 0.0410. The average Bonchev–Trinajstić information content (AvgIpc) is 3.20. The SMILES string of the molecule is O=c1cccc(N2CCN(c3nsc4ccccc34)CC2)n1Cc1ccccc1. The molecular weight excluding hydrogens is 380 g/mol. The monoisotopic (exact) mass is 402 g/mol. The van der Waals surface area contributed by atoms with Gasteiger partial charge in [-0.2, -0.15) is 4.37 Å². The van der Waals surface area contributed by atoms with Crippen molar-refractivity contribution in [1.82, 2.24) is 8.94 Å². The molecule has 0 amide bonds. The van der Waals surface area contributed by atoms with Gasteiger partial charge in [0, 0.05) is 37.6 Å². The highest BCUT2D eigenvalue weighted by Gasteiger charge is 2.22. The average molecular weight is 403 g/mol. The summed E-state index contributed by atoms with van der Waals surface area (Å²) in [7, 11) is 0. The zero-order valence-electron chi connectivity index (χ0n) is 16.1. The summed E-state index contributed by atoms with van der Waals surface area (Å²) in [6, 6.07) is 24.1. The van der Waals surface area contributed by atoms with E-state index in [1.807, 2.05) is 28.8 Å². The number of piperazine rings is 1. The van der Waals surface area contributed by atoms with Crippen LogP contribution in [0.15, 0.2) is 77.6 Å². The molecule has 1 aliphatic heterocycles. The second-order valence-corrected chi connectivity index (χ2v) is 8.08. The molecule has 1 aliphatic rings. The normalized spacial score (nSPS) is 14.5. The van der Waals surface area contributed by atoms with Crippen LogP contribution in [0.25, 0.3) is 10.1 Å². The van der Waals surface area contributed by atoms with E-state index in [1.54, 1.807) is 17.6 Å². The van der Waals surface area contributed by atoms with Crippen LogP contribution in [0.4, 0.5) is 11.6 Å². The molecule has 1 saturated heterocycles. The summed E-state index contributed by atoms with van der Waals surface area (Å²) >= 11 is 1.56. The van der Waals surface area contributed by atoms with Gasteiger partial charge in [-0.05, 0) is 35.3 Å². The Labute approximate surface area is 173 Å². The van der Waals surface area contributed by atoms with E-state index in [1.165, 1.54) is 10.1 Å². The van der Waals surface area contributed by atoms with Crippen LogP contribution in [0, 0.1) is 0 Å². The Kier molecular flexibility index (Phi) is 4.77. The molecule has 5 nitrogen and oxygen atoms in total. The van der Waals surface area contributed by atoms with Crippen molar-refractivity contribution in [3.8, 4) is 0 Å². The minimum absolute atomic E-state index is 0.0410. The number of nitrogens with zero attached hydrogens (tertiary/aromatic N) is 4. The van der Waals surface area contributed by atoms with Crippen molar-refractivity contribution in [3.63, 3.8) is 0 Å². The number of benzene rings is 2. The second-order valence-electron chi connectivity index (χ2n) is 7.27. The Hall–Kier alpha value is -3.12. The summed E-state index contributed by atoms with van der Waals surface area (Å²) in [5.74, 6) is 2.07. The molecule has 146 valence electrons. The highest BCUT2D eigenvalue weighted by molar-refractivity contribution is 7.13. The molecule has 0 spiro atoms. The zero-order chi connectivity index (χ0) is 19.6. The molecule has 1 fully saturated rings. The second kappa shape index (κ2) is 7.72. The van der Waals surface area contributed by atoms with Gasteiger partial charge in [-0.1, -0.05) is 48.5 Å². The molecule has 3 heterocycles.